The zero-order valence-electron chi connectivity index (χ0n) is 18.1. The largest absolute Gasteiger partial charge is 0.490 e. The molecule has 1 atom stereocenters. The number of ether oxygens (including phenoxy) is 2. The van der Waals surface area contributed by atoms with E-state index in [2.05, 4.69) is 4.74 Å². The standard InChI is InChI=1S/C12H15NO3/c1-8-3-9(2)5-10(4-8)15-7-11-6-13-12(14)16-11/h3-5,11H,6-7H2,1-2H3,(H,13,14)/i1D3,2D3,6D2,11D/hD. The summed E-state index contributed by atoms with van der Waals surface area (Å²) in [4.78, 5) is 11.3. The van der Waals surface area contributed by atoms with Crippen LogP contribution in [0.15, 0.2) is 18.2 Å². The summed E-state index contributed by atoms with van der Waals surface area (Å²) in [7, 11) is 0. The van der Waals surface area contributed by atoms with Gasteiger partial charge in [0.25, 0.3) is 0 Å². The maximum absolute atomic E-state index is 11.3. The molecular formula is C12H15NO3. The molecule has 16 heavy (non-hydrogen) atoms. The lowest BCUT2D eigenvalue weighted by Gasteiger charge is -2.11. The third kappa shape index (κ3) is 2.66. The monoisotopic (exact) mass is 231 g/mol. The summed E-state index contributed by atoms with van der Waals surface area (Å²) in [5, 5.41) is -0.143. The fourth-order valence-electron chi connectivity index (χ4n) is 1.15. The Morgan fingerprint density at radius 2 is 2.44 bits per heavy atom. The number of hydrogen-bond donors (Lipinski definition) is 1. The normalized spacial score (nSPS) is 38.2. The number of nitrogens with one attached hydrogen (secondary N) is 1. The third-order valence-corrected chi connectivity index (χ3v) is 1.76. The van der Waals surface area contributed by atoms with Crippen LogP contribution in [0.25, 0.3) is 0 Å². The first-order chi connectivity index (χ1) is 11.6. The molecule has 0 aromatic heterocycles. The Hall–Kier alpha value is -1.71. The van der Waals surface area contributed by atoms with Gasteiger partial charge in [-0.25, -0.2) is 4.79 Å². The van der Waals surface area contributed by atoms with Crippen molar-refractivity contribution in [1.29, 1.82) is 0 Å². The van der Waals surface area contributed by atoms with Gasteiger partial charge in [-0.3, -0.25) is 0 Å². The highest BCUT2D eigenvalue weighted by Crippen LogP contribution is 2.16. The number of aryl methyl sites for hydroxylation is 2. The Morgan fingerprint density at radius 1 is 1.69 bits per heavy atom. The fourth-order valence-corrected chi connectivity index (χ4v) is 1.15. The average molecular weight is 231 g/mol. The number of amides is 1. The predicted octanol–water partition coefficient (Wildman–Crippen LogP) is 1.79. The van der Waals surface area contributed by atoms with Gasteiger partial charge in [-0.05, 0) is 37.0 Å². The first-order valence-corrected chi connectivity index (χ1v) is 4.39. The maximum Gasteiger partial charge on any atom is 0.407 e. The Balaban J connectivity index is 2.34. The van der Waals surface area contributed by atoms with E-state index in [-0.39, 0.29) is 22.2 Å². The van der Waals surface area contributed by atoms with Gasteiger partial charge in [0.15, 0.2) is 7.49 Å². The van der Waals surface area contributed by atoms with Crippen molar-refractivity contribution in [3.05, 3.63) is 29.3 Å². The number of carbonyl (C=O) groups is 1. The average Bonchev–Trinajstić information content (AvgIpc) is 2.64. The zero-order chi connectivity index (χ0) is 20.1. The number of hydrogen-bond acceptors (Lipinski definition) is 3. The molecule has 4 heteroatoms. The van der Waals surface area contributed by atoms with Crippen molar-refractivity contribution in [2.24, 2.45) is 0 Å². The SMILES string of the molecule is [2H]N1C(=O)OC([2H])(COc2cc(C([2H])([2H])[2H])cc(C([2H])([2H])[2H])c2)C1([2H])[2H]. The number of rotatable bonds is 3. The van der Waals surface area contributed by atoms with Crippen LogP contribution in [0.3, 0.4) is 0 Å². The van der Waals surface area contributed by atoms with Crippen LogP contribution in [0.5, 0.6) is 5.75 Å². The second kappa shape index (κ2) is 4.43. The summed E-state index contributed by atoms with van der Waals surface area (Å²) in [6.07, 6.45) is -3.98. The van der Waals surface area contributed by atoms with E-state index >= 15 is 0 Å². The van der Waals surface area contributed by atoms with E-state index in [1.54, 1.807) is 0 Å². The van der Waals surface area contributed by atoms with Crippen molar-refractivity contribution < 1.29 is 28.0 Å². The van der Waals surface area contributed by atoms with Crippen molar-refractivity contribution in [2.45, 2.75) is 19.8 Å². The minimum atomic E-state index is -2.83. The molecule has 0 spiro atoms. The second-order valence-electron chi connectivity index (χ2n) is 3.05. The van der Waals surface area contributed by atoms with E-state index < -0.39 is 39.0 Å². The smallest absolute Gasteiger partial charge is 0.407 e. The fraction of sp³-hybridized carbons (Fsp3) is 0.417. The number of benzene rings is 1. The van der Waals surface area contributed by atoms with Crippen molar-refractivity contribution in [2.75, 3.05) is 13.1 Å². The minimum Gasteiger partial charge on any atom is -0.490 e. The lowest BCUT2D eigenvalue weighted by molar-refractivity contribution is 0.105. The van der Waals surface area contributed by atoms with Crippen LogP contribution < -0.4 is 10.0 Å². The van der Waals surface area contributed by atoms with Crippen molar-refractivity contribution in [3.63, 3.8) is 0 Å². The maximum atomic E-state index is 11.3. The Labute approximate surface area is 109 Å². The molecule has 1 aromatic rings. The van der Waals surface area contributed by atoms with Crippen LogP contribution in [0, 0.1) is 13.7 Å². The number of alkyl carbamates (subject to hydrolysis) is 1. The van der Waals surface area contributed by atoms with Gasteiger partial charge >= 0.3 is 6.09 Å². The van der Waals surface area contributed by atoms with Crippen LogP contribution in [0.1, 0.15) is 23.5 Å². The lowest BCUT2D eigenvalue weighted by Crippen LogP contribution is -2.21. The third-order valence-electron chi connectivity index (χ3n) is 1.76. The summed E-state index contributed by atoms with van der Waals surface area (Å²) in [5.41, 5.74) is -0.623. The summed E-state index contributed by atoms with van der Waals surface area (Å²) in [6.45, 7) is -8.96. The van der Waals surface area contributed by atoms with E-state index in [1.165, 1.54) is 0 Å². The van der Waals surface area contributed by atoms with Gasteiger partial charge in [0, 0.05) is 8.22 Å². The van der Waals surface area contributed by atoms with E-state index in [4.69, 9.17) is 18.5 Å². The lowest BCUT2D eigenvalue weighted by atomic mass is 10.1. The number of carbonyl (C=O) groups excluding carboxylic acids is 1. The molecule has 0 aliphatic carbocycles. The van der Waals surface area contributed by atoms with Gasteiger partial charge in [-0.2, -0.15) is 0 Å². The summed E-state index contributed by atoms with van der Waals surface area (Å²) in [5.74, 6) is -0.244. The van der Waals surface area contributed by atoms with E-state index in [9.17, 15) is 4.79 Å². The van der Waals surface area contributed by atoms with Crippen molar-refractivity contribution in [3.8, 4) is 5.75 Å². The highest BCUT2D eigenvalue weighted by Gasteiger charge is 2.22. The molecule has 1 unspecified atom stereocenters. The molecule has 1 aliphatic heterocycles. The van der Waals surface area contributed by atoms with E-state index in [0.29, 0.717) is 0 Å². The molecular weight excluding hydrogens is 206 g/mol. The predicted molar refractivity (Wildman–Crippen MR) is 59.7 cm³/mol. The minimum absolute atomic E-state index is 0.143. The van der Waals surface area contributed by atoms with Crippen LogP contribution in [0.2, 0.25) is 1.41 Å². The molecule has 1 N–H and O–H groups in total. The van der Waals surface area contributed by atoms with Crippen molar-refractivity contribution >= 4 is 6.09 Å². The summed E-state index contributed by atoms with van der Waals surface area (Å²) >= 11 is 0. The summed E-state index contributed by atoms with van der Waals surface area (Å²) in [6, 6.07) is 3.07. The van der Waals surface area contributed by atoms with Crippen LogP contribution in [-0.2, 0) is 4.74 Å². The van der Waals surface area contributed by atoms with Gasteiger partial charge in [0.1, 0.15) is 12.4 Å². The van der Waals surface area contributed by atoms with E-state index in [0.717, 1.165) is 18.2 Å². The molecule has 0 saturated carbocycles. The van der Waals surface area contributed by atoms with Crippen LogP contribution >= 0.6 is 0 Å². The Kier molecular flexibility index (Phi) is 1.09. The quantitative estimate of drug-likeness (QED) is 0.862. The van der Waals surface area contributed by atoms with Crippen molar-refractivity contribution in [1.82, 2.24) is 5.31 Å². The first-order valence-electron chi connectivity index (χ1n) is 9.34. The molecule has 1 aromatic carbocycles. The number of cyclic esters (lactones) is 1. The van der Waals surface area contributed by atoms with Gasteiger partial charge in [0.2, 0.25) is 0 Å². The molecule has 1 fully saturated rings. The molecule has 1 amide bonds. The Bertz CT molecular complexity index is 684. The molecule has 86 valence electrons. The molecule has 2 rings (SSSR count). The van der Waals surface area contributed by atoms with E-state index in [1.807, 2.05) is 0 Å². The topological polar surface area (TPSA) is 47.6 Å². The molecule has 1 heterocycles. The van der Waals surface area contributed by atoms with Crippen LogP contribution in [0.4, 0.5) is 4.79 Å². The molecule has 4 nitrogen and oxygen atoms in total. The van der Waals surface area contributed by atoms with Crippen LogP contribution in [-0.4, -0.2) is 25.3 Å². The van der Waals surface area contributed by atoms with Gasteiger partial charge in [-0.15, -0.1) is 0 Å². The first kappa shape index (κ1) is 3.95. The summed E-state index contributed by atoms with van der Waals surface area (Å²) < 4.78 is 84.7. The van der Waals surface area contributed by atoms with Gasteiger partial charge < -0.3 is 14.8 Å². The molecule has 1 saturated heterocycles. The highest BCUT2D eigenvalue weighted by atomic mass is 16.6. The van der Waals surface area contributed by atoms with Gasteiger partial charge in [0.05, 0.1) is 10.6 Å². The van der Waals surface area contributed by atoms with Gasteiger partial charge in [-0.1, -0.05) is 6.07 Å². The Morgan fingerprint density at radius 3 is 3.00 bits per heavy atom. The highest BCUT2D eigenvalue weighted by molar-refractivity contribution is 5.69. The zero-order valence-corrected chi connectivity index (χ0v) is 8.11. The molecule has 0 bridgehead atoms. The molecule has 1 aliphatic rings. The molecule has 0 radical (unpaired) electrons. The second-order valence-corrected chi connectivity index (χ2v) is 3.05.